The molecule has 0 spiro atoms. The van der Waals surface area contributed by atoms with E-state index in [2.05, 4.69) is 26.1 Å². The van der Waals surface area contributed by atoms with Gasteiger partial charge in [-0.2, -0.15) is 5.10 Å². The summed E-state index contributed by atoms with van der Waals surface area (Å²) in [7, 11) is 1.60. The van der Waals surface area contributed by atoms with E-state index in [1.165, 1.54) is 0 Å². The average Bonchev–Trinajstić information content (AvgIpc) is 2.72. The first-order chi connectivity index (χ1) is 8.65. The predicted octanol–water partition coefficient (Wildman–Crippen LogP) is 3.16. The molecular formula is C11H11BrFN3OS. The lowest BCUT2D eigenvalue weighted by molar-refractivity contribution is 0.187. The molecule has 7 heteroatoms. The minimum atomic E-state index is -0.356. The molecule has 1 N–H and O–H groups in total. The summed E-state index contributed by atoms with van der Waals surface area (Å²) in [5.74, 6) is 0.112. The molecule has 0 amide bonds. The van der Waals surface area contributed by atoms with Gasteiger partial charge in [-0.05, 0) is 40.3 Å². The summed E-state index contributed by atoms with van der Waals surface area (Å²) < 4.78 is 21.6. The normalized spacial score (nSPS) is 10.8. The van der Waals surface area contributed by atoms with Crippen LogP contribution in [0.25, 0.3) is 11.4 Å². The molecule has 0 saturated heterocycles. The maximum Gasteiger partial charge on any atom is 0.195 e. The number of hydrogen-bond donors (Lipinski definition) is 1. The van der Waals surface area contributed by atoms with Crippen LogP contribution in [0.1, 0.15) is 0 Å². The number of aromatic nitrogens is 3. The highest BCUT2D eigenvalue weighted by Gasteiger charge is 2.14. The first-order valence-electron chi connectivity index (χ1n) is 5.23. The number of ether oxygens (including phenoxy) is 1. The van der Waals surface area contributed by atoms with Crippen LogP contribution in [0.5, 0.6) is 0 Å². The topological polar surface area (TPSA) is 42.8 Å². The van der Waals surface area contributed by atoms with Crippen molar-refractivity contribution in [3.05, 3.63) is 33.3 Å². The third-order valence-corrected chi connectivity index (χ3v) is 3.39. The Morgan fingerprint density at radius 2 is 2.33 bits per heavy atom. The zero-order valence-corrected chi connectivity index (χ0v) is 12.0. The largest absolute Gasteiger partial charge is 0.383 e. The number of nitrogens with one attached hydrogen (secondary N) is 1. The second-order valence-electron chi connectivity index (χ2n) is 3.60. The molecule has 0 aliphatic rings. The molecular weight excluding hydrogens is 321 g/mol. The molecule has 1 heterocycles. The number of methoxy groups -OCH3 is 1. The van der Waals surface area contributed by atoms with Crippen molar-refractivity contribution in [3.63, 3.8) is 0 Å². The molecule has 1 aromatic heterocycles. The number of hydrogen-bond acceptors (Lipinski definition) is 3. The molecule has 4 nitrogen and oxygen atoms in total. The average molecular weight is 332 g/mol. The van der Waals surface area contributed by atoms with Crippen LogP contribution in [0.4, 0.5) is 4.39 Å². The Bertz CT molecular complexity index is 611. The lowest BCUT2D eigenvalue weighted by atomic mass is 10.2. The number of H-pyrrole nitrogens is 1. The van der Waals surface area contributed by atoms with Gasteiger partial charge in [0, 0.05) is 7.11 Å². The van der Waals surface area contributed by atoms with Crippen LogP contribution < -0.4 is 0 Å². The summed E-state index contributed by atoms with van der Waals surface area (Å²) in [6, 6.07) is 5.05. The number of halogens is 2. The van der Waals surface area contributed by atoms with Gasteiger partial charge in [-0.3, -0.25) is 9.67 Å². The summed E-state index contributed by atoms with van der Waals surface area (Å²) in [4.78, 5) is 0. The summed E-state index contributed by atoms with van der Waals surface area (Å²) in [6.45, 7) is 1.00. The number of rotatable bonds is 4. The first kappa shape index (κ1) is 13.4. The molecule has 0 unspecified atom stereocenters. The second kappa shape index (κ2) is 5.73. The Morgan fingerprint density at radius 1 is 1.56 bits per heavy atom. The highest BCUT2D eigenvalue weighted by molar-refractivity contribution is 9.10. The van der Waals surface area contributed by atoms with E-state index in [0.717, 1.165) is 0 Å². The van der Waals surface area contributed by atoms with Gasteiger partial charge in [0.15, 0.2) is 10.6 Å². The van der Waals surface area contributed by atoms with E-state index in [4.69, 9.17) is 17.0 Å². The van der Waals surface area contributed by atoms with Crippen LogP contribution in [0.3, 0.4) is 0 Å². The molecule has 18 heavy (non-hydrogen) atoms. The molecule has 0 aliphatic heterocycles. The van der Waals surface area contributed by atoms with Gasteiger partial charge in [0.05, 0.1) is 23.2 Å². The van der Waals surface area contributed by atoms with Crippen molar-refractivity contribution in [2.75, 3.05) is 13.7 Å². The predicted molar refractivity (Wildman–Crippen MR) is 72.4 cm³/mol. The molecule has 2 rings (SSSR count). The number of nitrogens with zero attached hydrogens (tertiary/aromatic N) is 2. The van der Waals surface area contributed by atoms with Crippen molar-refractivity contribution in [1.29, 1.82) is 0 Å². The van der Waals surface area contributed by atoms with Crippen LogP contribution in [0.15, 0.2) is 22.7 Å². The van der Waals surface area contributed by atoms with Gasteiger partial charge in [-0.25, -0.2) is 4.39 Å². The molecule has 0 bridgehead atoms. The molecule has 0 fully saturated rings. The van der Waals surface area contributed by atoms with Gasteiger partial charge in [-0.15, -0.1) is 0 Å². The Hall–Kier alpha value is -1.05. The van der Waals surface area contributed by atoms with Crippen molar-refractivity contribution in [2.24, 2.45) is 0 Å². The minimum Gasteiger partial charge on any atom is -0.383 e. The summed E-state index contributed by atoms with van der Waals surface area (Å²) in [5.41, 5.74) is 0.396. The minimum absolute atomic E-state index is 0.356. The summed E-state index contributed by atoms with van der Waals surface area (Å²) in [6.07, 6.45) is 0. The van der Waals surface area contributed by atoms with E-state index in [1.54, 1.807) is 29.9 Å². The van der Waals surface area contributed by atoms with Gasteiger partial charge >= 0.3 is 0 Å². The summed E-state index contributed by atoms with van der Waals surface area (Å²) in [5, 5.41) is 6.74. The van der Waals surface area contributed by atoms with E-state index >= 15 is 0 Å². The molecule has 96 valence electrons. The number of benzene rings is 1. The van der Waals surface area contributed by atoms with E-state index < -0.39 is 0 Å². The van der Waals surface area contributed by atoms with Crippen LogP contribution in [0, 0.1) is 10.6 Å². The highest BCUT2D eigenvalue weighted by atomic mass is 79.9. The van der Waals surface area contributed by atoms with Crippen LogP contribution in [0.2, 0.25) is 0 Å². The Morgan fingerprint density at radius 3 is 3.06 bits per heavy atom. The maximum atomic E-state index is 14.0. The monoisotopic (exact) mass is 331 g/mol. The van der Waals surface area contributed by atoms with Crippen molar-refractivity contribution >= 4 is 28.1 Å². The van der Waals surface area contributed by atoms with E-state index in [9.17, 15) is 4.39 Å². The molecule has 0 saturated carbocycles. The van der Waals surface area contributed by atoms with Crippen molar-refractivity contribution in [2.45, 2.75) is 6.54 Å². The lowest BCUT2D eigenvalue weighted by Crippen LogP contribution is -2.07. The zero-order valence-electron chi connectivity index (χ0n) is 9.61. The summed E-state index contributed by atoms with van der Waals surface area (Å²) >= 11 is 8.27. The van der Waals surface area contributed by atoms with Crippen LogP contribution in [-0.4, -0.2) is 28.5 Å². The van der Waals surface area contributed by atoms with Gasteiger partial charge < -0.3 is 4.74 Å². The first-order valence-corrected chi connectivity index (χ1v) is 6.43. The third-order valence-electron chi connectivity index (χ3n) is 2.47. The standard InChI is InChI=1S/C11H11BrFN3OS/c1-17-6-5-16-10(14-15-11(16)18)7-3-2-4-8(12)9(7)13/h2-4H,5-6H2,1H3,(H,15,18). The van der Waals surface area contributed by atoms with Gasteiger partial charge in [0.1, 0.15) is 5.82 Å². The smallest absolute Gasteiger partial charge is 0.195 e. The fourth-order valence-electron chi connectivity index (χ4n) is 1.59. The number of aromatic amines is 1. The van der Waals surface area contributed by atoms with E-state index in [-0.39, 0.29) is 5.82 Å². The van der Waals surface area contributed by atoms with Gasteiger partial charge in [-0.1, -0.05) is 6.07 Å². The van der Waals surface area contributed by atoms with Crippen molar-refractivity contribution < 1.29 is 9.13 Å². The maximum absolute atomic E-state index is 14.0. The Balaban J connectivity index is 2.51. The SMILES string of the molecule is COCCn1c(-c2cccc(Br)c2F)n[nH]c1=S. The fraction of sp³-hybridized carbons (Fsp3) is 0.273. The molecule has 2 aromatic rings. The van der Waals surface area contributed by atoms with Crippen molar-refractivity contribution in [3.8, 4) is 11.4 Å². The van der Waals surface area contributed by atoms with Crippen LogP contribution >= 0.6 is 28.1 Å². The Labute approximate surface area is 117 Å². The van der Waals surface area contributed by atoms with E-state index in [0.29, 0.717) is 33.8 Å². The molecule has 0 radical (unpaired) electrons. The van der Waals surface area contributed by atoms with Crippen molar-refractivity contribution in [1.82, 2.24) is 14.8 Å². The third kappa shape index (κ3) is 2.52. The van der Waals surface area contributed by atoms with Gasteiger partial charge in [0.25, 0.3) is 0 Å². The second-order valence-corrected chi connectivity index (χ2v) is 4.84. The van der Waals surface area contributed by atoms with Gasteiger partial charge in [0.2, 0.25) is 0 Å². The lowest BCUT2D eigenvalue weighted by Gasteiger charge is -2.07. The molecule has 0 atom stereocenters. The fourth-order valence-corrected chi connectivity index (χ4v) is 2.18. The molecule has 1 aromatic carbocycles. The highest BCUT2D eigenvalue weighted by Crippen LogP contribution is 2.26. The van der Waals surface area contributed by atoms with E-state index in [1.807, 2.05) is 0 Å². The quantitative estimate of drug-likeness (QED) is 0.875. The molecule has 0 aliphatic carbocycles. The van der Waals surface area contributed by atoms with Crippen LogP contribution in [-0.2, 0) is 11.3 Å². The Kier molecular flexibility index (Phi) is 4.26. The zero-order chi connectivity index (χ0) is 13.1.